The van der Waals surface area contributed by atoms with Crippen molar-refractivity contribution in [3.8, 4) is 5.75 Å². The first-order valence-corrected chi connectivity index (χ1v) is 9.55. The third-order valence-electron chi connectivity index (χ3n) is 5.44. The van der Waals surface area contributed by atoms with E-state index in [9.17, 15) is 4.79 Å². The fourth-order valence-corrected chi connectivity index (χ4v) is 4.13. The lowest BCUT2D eigenvalue weighted by molar-refractivity contribution is 0.0575. The van der Waals surface area contributed by atoms with Gasteiger partial charge >= 0.3 is 6.09 Å². The Morgan fingerprint density at radius 3 is 2.62 bits per heavy atom. The van der Waals surface area contributed by atoms with Gasteiger partial charge in [-0.2, -0.15) is 0 Å². The van der Waals surface area contributed by atoms with Crippen molar-refractivity contribution in [2.45, 2.75) is 50.2 Å². The third-order valence-corrected chi connectivity index (χ3v) is 5.44. The summed E-state index contributed by atoms with van der Waals surface area (Å²) in [4.78, 5) is 12.6. The van der Waals surface area contributed by atoms with E-state index in [1.165, 1.54) is 12.0 Å². The molecule has 4 heteroatoms. The molecule has 3 atom stereocenters. The summed E-state index contributed by atoms with van der Waals surface area (Å²) in [5.41, 5.74) is 2.29. The van der Waals surface area contributed by atoms with Crippen molar-refractivity contribution in [3.63, 3.8) is 0 Å². The number of rotatable bonds is 3. The zero-order valence-corrected chi connectivity index (χ0v) is 14.9. The second-order valence-electron chi connectivity index (χ2n) is 7.12. The zero-order valence-electron chi connectivity index (χ0n) is 14.9. The van der Waals surface area contributed by atoms with E-state index < -0.39 is 0 Å². The van der Waals surface area contributed by atoms with Gasteiger partial charge in [-0.1, -0.05) is 55.0 Å². The highest BCUT2D eigenvalue weighted by molar-refractivity contribution is 5.68. The summed E-state index contributed by atoms with van der Waals surface area (Å²) >= 11 is 0. The number of hydrogen-bond acceptors (Lipinski definition) is 3. The molecule has 1 unspecified atom stereocenters. The van der Waals surface area contributed by atoms with Gasteiger partial charge in [0.15, 0.2) is 0 Å². The molecule has 2 aliphatic rings. The van der Waals surface area contributed by atoms with E-state index in [4.69, 9.17) is 9.47 Å². The fraction of sp³-hybridized carbons (Fsp3) is 0.409. The molecule has 2 aromatic rings. The molecule has 136 valence electrons. The molecule has 0 bridgehead atoms. The molecule has 0 saturated heterocycles. The lowest BCUT2D eigenvalue weighted by atomic mass is 9.81. The monoisotopic (exact) mass is 351 g/mol. The van der Waals surface area contributed by atoms with E-state index in [1.807, 2.05) is 30.3 Å². The highest BCUT2D eigenvalue weighted by Gasteiger charge is 2.31. The molecule has 0 radical (unpaired) electrons. The molecule has 1 aliphatic heterocycles. The van der Waals surface area contributed by atoms with Gasteiger partial charge in [0, 0.05) is 17.9 Å². The first kappa shape index (κ1) is 17.0. The normalized spacial score (nSPS) is 24.8. The van der Waals surface area contributed by atoms with Crippen LogP contribution in [0, 0.1) is 0 Å². The summed E-state index contributed by atoms with van der Waals surface area (Å²) in [6.45, 7) is 0.609. The van der Waals surface area contributed by atoms with Crippen LogP contribution in [-0.2, 0) is 4.74 Å². The summed E-state index contributed by atoms with van der Waals surface area (Å²) in [6, 6.07) is 18.2. The molecule has 2 aromatic carbocycles. The summed E-state index contributed by atoms with van der Waals surface area (Å²) in [5.74, 6) is 1.14. The van der Waals surface area contributed by atoms with Crippen LogP contribution in [0.4, 0.5) is 4.79 Å². The van der Waals surface area contributed by atoms with Crippen molar-refractivity contribution >= 4 is 6.09 Å². The lowest BCUT2D eigenvalue weighted by Crippen LogP contribution is -2.37. The first-order chi connectivity index (χ1) is 12.8. The minimum absolute atomic E-state index is 0.0498. The number of benzene rings is 2. The van der Waals surface area contributed by atoms with Crippen molar-refractivity contribution in [2.24, 2.45) is 0 Å². The summed E-state index contributed by atoms with van der Waals surface area (Å²) in [7, 11) is 0. The van der Waals surface area contributed by atoms with Crippen molar-refractivity contribution in [1.82, 2.24) is 5.32 Å². The number of para-hydroxylation sites is 1. The van der Waals surface area contributed by atoms with Gasteiger partial charge in [-0.25, -0.2) is 4.79 Å². The largest absolute Gasteiger partial charge is 0.493 e. The van der Waals surface area contributed by atoms with Gasteiger partial charge in [0.1, 0.15) is 11.9 Å². The maximum absolute atomic E-state index is 12.6. The summed E-state index contributed by atoms with van der Waals surface area (Å²) in [5, 5.41) is 3.05. The molecule has 4 rings (SSSR count). The van der Waals surface area contributed by atoms with Gasteiger partial charge in [-0.15, -0.1) is 0 Å². The lowest BCUT2D eigenvalue weighted by Gasteiger charge is -2.32. The molecule has 1 fully saturated rings. The van der Waals surface area contributed by atoms with Gasteiger partial charge in [0.25, 0.3) is 0 Å². The van der Waals surface area contributed by atoms with Crippen LogP contribution >= 0.6 is 0 Å². The van der Waals surface area contributed by atoms with Crippen LogP contribution in [0.3, 0.4) is 0 Å². The standard InChI is InChI=1S/C22H25NO3/c24-22(23-19-14-15-25-20-12-6-5-11-18(19)20)26-21-13-7-4-10-17(21)16-8-2-1-3-9-16/h1-3,5-6,8-9,11-12,17,19,21H,4,7,10,13-15H2,(H,23,24)/t17-,19?,21+/m0/s1. The highest BCUT2D eigenvalue weighted by Crippen LogP contribution is 2.36. The number of alkyl carbamates (subject to hydrolysis) is 1. The minimum Gasteiger partial charge on any atom is -0.493 e. The van der Waals surface area contributed by atoms with Crippen LogP contribution < -0.4 is 10.1 Å². The number of nitrogens with one attached hydrogen (secondary N) is 1. The van der Waals surface area contributed by atoms with E-state index in [-0.39, 0.29) is 24.2 Å². The van der Waals surface area contributed by atoms with Gasteiger partial charge < -0.3 is 14.8 Å². The van der Waals surface area contributed by atoms with Crippen molar-refractivity contribution in [3.05, 3.63) is 65.7 Å². The smallest absolute Gasteiger partial charge is 0.407 e. The van der Waals surface area contributed by atoms with E-state index in [0.717, 1.165) is 37.0 Å². The first-order valence-electron chi connectivity index (χ1n) is 9.55. The van der Waals surface area contributed by atoms with Gasteiger partial charge in [0.05, 0.1) is 12.6 Å². The van der Waals surface area contributed by atoms with Gasteiger partial charge in [0.2, 0.25) is 0 Å². The SMILES string of the molecule is O=C(NC1CCOc2ccccc21)O[C@@H]1CCCC[C@H]1c1ccccc1. The fourth-order valence-electron chi connectivity index (χ4n) is 4.13. The Bertz CT molecular complexity index is 746. The van der Waals surface area contributed by atoms with Gasteiger partial charge in [-0.05, 0) is 30.9 Å². The highest BCUT2D eigenvalue weighted by atomic mass is 16.6. The molecule has 4 nitrogen and oxygen atoms in total. The predicted octanol–water partition coefficient (Wildman–Crippen LogP) is 4.96. The molecule has 26 heavy (non-hydrogen) atoms. The van der Waals surface area contributed by atoms with Crippen molar-refractivity contribution in [2.75, 3.05) is 6.61 Å². The predicted molar refractivity (Wildman–Crippen MR) is 100 cm³/mol. The quantitative estimate of drug-likeness (QED) is 0.850. The molecule has 1 saturated carbocycles. The third kappa shape index (κ3) is 3.69. The van der Waals surface area contributed by atoms with E-state index in [2.05, 4.69) is 29.6 Å². The molecule has 1 aliphatic carbocycles. The summed E-state index contributed by atoms with van der Waals surface area (Å²) in [6.07, 6.45) is 4.69. The Labute approximate surface area is 154 Å². The van der Waals surface area contributed by atoms with E-state index in [1.54, 1.807) is 0 Å². The molecule has 1 amide bonds. The Kier molecular flexibility index (Phi) is 5.09. The number of carbonyl (C=O) groups excluding carboxylic acids is 1. The van der Waals surface area contributed by atoms with E-state index >= 15 is 0 Å². The maximum atomic E-state index is 12.6. The Hall–Kier alpha value is -2.49. The number of fused-ring (bicyclic) bond motifs is 1. The van der Waals surface area contributed by atoms with Crippen LogP contribution in [0.2, 0.25) is 0 Å². The Morgan fingerprint density at radius 1 is 0.962 bits per heavy atom. The topological polar surface area (TPSA) is 47.6 Å². The average molecular weight is 351 g/mol. The second kappa shape index (κ2) is 7.81. The maximum Gasteiger partial charge on any atom is 0.407 e. The molecule has 0 aromatic heterocycles. The van der Waals surface area contributed by atoms with Crippen LogP contribution in [-0.4, -0.2) is 18.8 Å². The number of hydrogen-bond donors (Lipinski definition) is 1. The van der Waals surface area contributed by atoms with Crippen LogP contribution in [0.15, 0.2) is 54.6 Å². The molecule has 1 N–H and O–H groups in total. The second-order valence-corrected chi connectivity index (χ2v) is 7.12. The zero-order chi connectivity index (χ0) is 17.8. The van der Waals surface area contributed by atoms with Crippen molar-refractivity contribution < 1.29 is 14.3 Å². The van der Waals surface area contributed by atoms with Gasteiger partial charge in [-0.3, -0.25) is 0 Å². The molecule has 1 heterocycles. The van der Waals surface area contributed by atoms with Crippen LogP contribution in [0.25, 0.3) is 0 Å². The van der Waals surface area contributed by atoms with Crippen molar-refractivity contribution in [1.29, 1.82) is 0 Å². The molecular weight excluding hydrogens is 326 g/mol. The number of ether oxygens (including phenoxy) is 2. The van der Waals surface area contributed by atoms with Crippen LogP contribution in [0.5, 0.6) is 5.75 Å². The van der Waals surface area contributed by atoms with E-state index in [0.29, 0.717) is 6.61 Å². The average Bonchev–Trinajstić information content (AvgIpc) is 2.69. The molecular formula is C22H25NO3. The number of amides is 1. The van der Waals surface area contributed by atoms with Crippen LogP contribution in [0.1, 0.15) is 55.2 Å². The summed E-state index contributed by atoms with van der Waals surface area (Å²) < 4.78 is 11.6. The molecule has 0 spiro atoms. The number of carbonyl (C=O) groups is 1. The minimum atomic E-state index is -0.320. The Morgan fingerprint density at radius 2 is 1.73 bits per heavy atom. The Balaban J connectivity index is 1.43.